The average molecular weight is 652 g/mol. The van der Waals surface area contributed by atoms with Gasteiger partial charge in [0.05, 0.1) is 25.6 Å². The smallest absolute Gasteiger partial charge is 0.386 e. The molecule has 2 bridgehead atoms. The van der Waals surface area contributed by atoms with E-state index >= 15 is 4.39 Å². The number of nitrogens with zero attached hydrogens (tertiary/aromatic N) is 5. The summed E-state index contributed by atoms with van der Waals surface area (Å²) in [5.41, 5.74) is 4.90. The molecule has 41 heavy (non-hydrogen) atoms. The molecular formula is C20H24FN7O9P2S2. The highest BCUT2D eigenvalue weighted by atomic mass is 32.7. The summed E-state index contributed by atoms with van der Waals surface area (Å²) in [6.07, 6.45) is -2.91. The predicted molar refractivity (Wildman–Crippen MR) is 145 cm³/mol. The predicted octanol–water partition coefficient (Wildman–Crippen LogP) is 2.48. The van der Waals surface area contributed by atoms with Gasteiger partial charge in [0, 0.05) is 24.6 Å². The van der Waals surface area contributed by atoms with Crippen molar-refractivity contribution >= 4 is 55.2 Å². The maximum absolute atomic E-state index is 15.7. The number of H-pyrrole nitrogens is 1. The molecule has 222 valence electrons. The van der Waals surface area contributed by atoms with Crippen LogP contribution in [0.3, 0.4) is 0 Å². The Kier molecular flexibility index (Phi) is 7.93. The number of aromatic amines is 1. The number of rotatable bonds is 3. The van der Waals surface area contributed by atoms with Gasteiger partial charge in [0.25, 0.3) is 5.56 Å². The molecule has 0 unspecified atom stereocenters. The van der Waals surface area contributed by atoms with Gasteiger partial charge in [-0.25, -0.2) is 28.5 Å². The summed E-state index contributed by atoms with van der Waals surface area (Å²) in [5, 5.41) is 0. The monoisotopic (exact) mass is 651 g/mol. The summed E-state index contributed by atoms with van der Waals surface area (Å²) in [6, 6.07) is 1.58. The molecule has 0 spiro atoms. The van der Waals surface area contributed by atoms with E-state index in [-0.39, 0.29) is 30.1 Å². The molecule has 5 heterocycles. The summed E-state index contributed by atoms with van der Waals surface area (Å²) in [4.78, 5) is 30.5. The fourth-order valence-corrected chi connectivity index (χ4v) is 8.05. The Balaban J connectivity index is 1.28. The third-order valence-corrected chi connectivity index (χ3v) is 10.1. The number of hydrogen-bond acceptors (Lipinski definition) is 14. The number of nitrogens with one attached hydrogen (secondary N) is 1. The lowest BCUT2D eigenvalue weighted by Gasteiger charge is -2.26. The van der Waals surface area contributed by atoms with E-state index in [0.29, 0.717) is 12.3 Å². The van der Waals surface area contributed by atoms with Gasteiger partial charge in [0.2, 0.25) is 11.8 Å². The first kappa shape index (κ1) is 29.0. The minimum Gasteiger partial charge on any atom is -0.474 e. The normalized spacial score (nSPS) is 38.1. The number of fused-ring (bicyclic) bond motifs is 4. The quantitative estimate of drug-likeness (QED) is 0.237. The topological polar surface area (TPSA) is 205 Å². The van der Waals surface area contributed by atoms with E-state index in [1.54, 1.807) is 6.07 Å². The molecule has 2 aliphatic heterocycles. The average Bonchev–Trinajstić information content (AvgIpc) is 3.57. The van der Waals surface area contributed by atoms with Crippen molar-refractivity contribution in [2.75, 3.05) is 18.9 Å². The minimum atomic E-state index is -4.24. The lowest BCUT2D eigenvalue weighted by atomic mass is 10.1. The zero-order chi connectivity index (χ0) is 28.9. The molecule has 1 saturated carbocycles. The molecule has 0 aromatic carbocycles. The third kappa shape index (κ3) is 6.19. The number of alkyl halides is 1. The number of halogens is 1. The number of nitrogens with two attached hydrogens (primary N) is 1. The first-order valence-electron chi connectivity index (χ1n) is 12.2. The van der Waals surface area contributed by atoms with Gasteiger partial charge in [-0.2, -0.15) is 4.98 Å². The fraction of sp³-hybridized carbons (Fsp3) is 0.550. The lowest BCUT2D eigenvalue weighted by Crippen LogP contribution is -2.31. The highest BCUT2D eigenvalue weighted by molar-refractivity contribution is 8.44. The molecular weight excluding hydrogens is 627 g/mol. The number of ether oxygens (including phenoxy) is 2. The van der Waals surface area contributed by atoms with Gasteiger partial charge >= 0.3 is 13.6 Å². The first-order chi connectivity index (χ1) is 19.5. The summed E-state index contributed by atoms with van der Waals surface area (Å²) >= 11 is 8.15. The number of anilines is 1. The molecule has 3 aromatic rings. The highest BCUT2D eigenvalue weighted by Gasteiger charge is 2.52. The van der Waals surface area contributed by atoms with Crippen molar-refractivity contribution in [3.63, 3.8) is 0 Å². The van der Waals surface area contributed by atoms with Crippen molar-refractivity contribution in [1.29, 1.82) is 0 Å². The molecule has 2 saturated heterocycles. The Morgan fingerprint density at radius 2 is 1.90 bits per heavy atom. The molecule has 16 nitrogen and oxygen atoms in total. The standard InChI is InChI=1S/C20H24FN7O9P2S2/c21-14-12-6-33-38(30,40)36-11-4-10(34-13-1-2-23-7-24-13)3-9(11)5-32-39(31,41)37-16(14)19(35-12)28-8-25-15-17(28)26-20(22)27-18(15)29/h1-2,7-12,14,16,19H,3-6H2,(H,30,40)(H,31,41)(H3,22,26,27,29)/t9-,10-,11+,12-,14-,16-,19-,38+,39+/m1/s1. The number of imidazole rings is 1. The molecule has 3 fully saturated rings. The van der Waals surface area contributed by atoms with E-state index in [4.69, 9.17) is 33.3 Å². The maximum Gasteiger partial charge on any atom is 0.386 e. The van der Waals surface area contributed by atoms with Crippen molar-refractivity contribution in [3.05, 3.63) is 35.3 Å². The van der Waals surface area contributed by atoms with Crippen molar-refractivity contribution in [2.45, 2.75) is 49.7 Å². The summed E-state index contributed by atoms with van der Waals surface area (Å²) in [7, 11) is 0. The van der Waals surface area contributed by atoms with Crippen LogP contribution in [0.5, 0.6) is 5.88 Å². The first-order valence-corrected chi connectivity index (χ1v) is 17.6. The molecule has 1 aliphatic carbocycles. The van der Waals surface area contributed by atoms with Gasteiger partial charge in [0.15, 0.2) is 23.6 Å². The number of aromatic nitrogens is 6. The van der Waals surface area contributed by atoms with Crippen LogP contribution in [0.15, 0.2) is 29.7 Å². The van der Waals surface area contributed by atoms with Crippen LogP contribution in [0.4, 0.5) is 10.3 Å². The van der Waals surface area contributed by atoms with Gasteiger partial charge < -0.3 is 19.7 Å². The van der Waals surface area contributed by atoms with Crippen molar-refractivity contribution in [2.24, 2.45) is 5.92 Å². The second-order valence-corrected chi connectivity index (χ2v) is 15.3. The largest absolute Gasteiger partial charge is 0.474 e. The SMILES string of the molecule is Nc1nc2c(ncn2[C@@H]2O[C@@H]3CO[P@](=O)(S)O[C@H]4C[C@H](Oc5ccncn5)C[C@@H]4CO[P@](=O)(S)O[C@@H]2[C@@H]3F)c(=O)[nH]1. The number of thiol groups is 2. The molecule has 3 aromatic heterocycles. The van der Waals surface area contributed by atoms with Crippen molar-refractivity contribution in [3.8, 4) is 5.88 Å². The fourth-order valence-electron chi connectivity index (χ4n) is 5.00. The zero-order valence-electron chi connectivity index (χ0n) is 20.8. The molecule has 0 amide bonds. The maximum atomic E-state index is 15.7. The summed E-state index contributed by atoms with van der Waals surface area (Å²) in [6.45, 7) is -9.11. The van der Waals surface area contributed by atoms with E-state index in [0.717, 1.165) is 0 Å². The molecule has 3 aliphatic rings. The second kappa shape index (κ2) is 11.2. The molecule has 9 atom stereocenters. The van der Waals surface area contributed by atoms with Crippen molar-refractivity contribution in [1.82, 2.24) is 29.5 Å². The Labute approximate surface area is 241 Å². The van der Waals surface area contributed by atoms with Gasteiger partial charge in [-0.15, -0.1) is 0 Å². The van der Waals surface area contributed by atoms with E-state index in [1.165, 1.54) is 23.4 Å². The van der Waals surface area contributed by atoms with Crippen LogP contribution in [0.1, 0.15) is 19.1 Å². The molecule has 6 rings (SSSR count). The minimum absolute atomic E-state index is 0.0404. The van der Waals surface area contributed by atoms with Crippen LogP contribution in [0.25, 0.3) is 11.2 Å². The molecule has 21 heteroatoms. The molecule has 0 radical (unpaired) electrons. The van der Waals surface area contributed by atoms with Crippen molar-refractivity contribution < 1.29 is 41.1 Å². The Bertz CT molecular complexity index is 1590. The van der Waals surface area contributed by atoms with Gasteiger partial charge in [-0.1, -0.05) is 24.5 Å². The van der Waals surface area contributed by atoms with Crippen LogP contribution >= 0.6 is 38.1 Å². The second-order valence-electron chi connectivity index (χ2n) is 9.55. The zero-order valence-corrected chi connectivity index (χ0v) is 24.4. The Hall–Kier alpha value is -2.08. The van der Waals surface area contributed by atoms with Crippen LogP contribution < -0.4 is 16.0 Å². The van der Waals surface area contributed by atoms with Gasteiger partial charge in [0.1, 0.15) is 24.6 Å². The lowest BCUT2D eigenvalue weighted by molar-refractivity contribution is -0.0468. The highest BCUT2D eigenvalue weighted by Crippen LogP contribution is 2.60. The third-order valence-electron chi connectivity index (χ3n) is 6.80. The Morgan fingerprint density at radius 3 is 2.68 bits per heavy atom. The van der Waals surface area contributed by atoms with E-state index in [9.17, 15) is 13.9 Å². The summed E-state index contributed by atoms with van der Waals surface area (Å²) in [5.74, 6) is -0.395. The van der Waals surface area contributed by atoms with Crippen LogP contribution in [-0.2, 0) is 32.0 Å². The van der Waals surface area contributed by atoms with Crippen LogP contribution in [0, 0.1) is 5.92 Å². The van der Waals surface area contributed by atoms with Gasteiger partial charge in [-0.05, 0) is 6.42 Å². The summed E-state index contributed by atoms with van der Waals surface area (Å²) < 4.78 is 77.5. The van der Waals surface area contributed by atoms with Crippen LogP contribution in [0.2, 0.25) is 0 Å². The number of nitrogen functional groups attached to an aromatic ring is 1. The van der Waals surface area contributed by atoms with Crippen LogP contribution in [-0.4, -0.2) is 73.3 Å². The number of hydrogen-bond donors (Lipinski definition) is 4. The Morgan fingerprint density at radius 1 is 1.12 bits per heavy atom. The van der Waals surface area contributed by atoms with E-state index < -0.39 is 68.5 Å². The molecule has 3 N–H and O–H groups in total. The van der Waals surface area contributed by atoms with E-state index in [1.807, 2.05) is 0 Å². The van der Waals surface area contributed by atoms with Gasteiger partial charge in [-0.3, -0.25) is 27.9 Å². The van der Waals surface area contributed by atoms with E-state index in [2.05, 4.69) is 49.4 Å².